The lowest BCUT2D eigenvalue weighted by molar-refractivity contribution is 0.800. The van der Waals surface area contributed by atoms with Crippen molar-refractivity contribution in [3.05, 3.63) is 95.5 Å². The standard InChI is InChI=1S/C17H17NS/c1-14-7-4-6-11-19-12-9-16(13-15(14)2)17-8-3-5-10-18-17/h3-13,17-18H,1-2H2/b7-4-,11-6-,12-9-,16-13+. The van der Waals surface area contributed by atoms with Crippen LogP contribution in [0.15, 0.2) is 95.5 Å². The van der Waals surface area contributed by atoms with E-state index in [1.54, 1.807) is 11.8 Å². The summed E-state index contributed by atoms with van der Waals surface area (Å²) in [5.41, 5.74) is 3.03. The minimum Gasteiger partial charge on any atom is -0.381 e. The number of thioether (sulfide) groups is 1. The van der Waals surface area contributed by atoms with E-state index in [1.807, 2.05) is 42.0 Å². The summed E-state index contributed by atoms with van der Waals surface area (Å²) < 4.78 is 0. The molecule has 0 aromatic rings. The van der Waals surface area contributed by atoms with Crippen LogP contribution in [0.5, 0.6) is 0 Å². The first kappa shape index (κ1) is 13.5. The van der Waals surface area contributed by atoms with Crippen LogP contribution >= 0.6 is 11.8 Å². The van der Waals surface area contributed by atoms with Crippen LogP contribution in [0.1, 0.15) is 0 Å². The molecule has 0 aliphatic carbocycles. The summed E-state index contributed by atoms with van der Waals surface area (Å²) >= 11 is 1.65. The fourth-order valence-corrected chi connectivity index (χ4v) is 2.23. The number of rotatable bonds is 1. The van der Waals surface area contributed by atoms with Crippen LogP contribution in [-0.4, -0.2) is 6.04 Å². The van der Waals surface area contributed by atoms with E-state index in [4.69, 9.17) is 0 Å². The van der Waals surface area contributed by atoms with Gasteiger partial charge in [-0.2, -0.15) is 0 Å². The van der Waals surface area contributed by atoms with Crippen molar-refractivity contribution in [1.82, 2.24) is 5.32 Å². The van der Waals surface area contributed by atoms with Crippen LogP contribution in [0.4, 0.5) is 0 Å². The monoisotopic (exact) mass is 267 g/mol. The van der Waals surface area contributed by atoms with Crippen LogP contribution < -0.4 is 5.32 Å². The Kier molecular flexibility index (Phi) is 4.87. The smallest absolute Gasteiger partial charge is 0.0696 e. The Balaban J connectivity index is 2.29. The van der Waals surface area contributed by atoms with Gasteiger partial charge in [0.25, 0.3) is 0 Å². The molecule has 0 amide bonds. The third-order valence-corrected chi connectivity index (χ3v) is 3.41. The van der Waals surface area contributed by atoms with E-state index in [0.717, 1.165) is 11.1 Å². The molecule has 96 valence electrons. The van der Waals surface area contributed by atoms with Crippen LogP contribution in [0.3, 0.4) is 0 Å². The lowest BCUT2D eigenvalue weighted by Gasteiger charge is -2.17. The minimum atomic E-state index is 0.181. The summed E-state index contributed by atoms with van der Waals surface area (Å²) in [5, 5.41) is 7.43. The molecule has 2 rings (SSSR count). The molecule has 0 aromatic carbocycles. The molecule has 1 atom stereocenters. The maximum absolute atomic E-state index is 4.08. The maximum atomic E-state index is 4.08. The first-order valence-corrected chi connectivity index (χ1v) is 7.06. The van der Waals surface area contributed by atoms with E-state index in [1.165, 1.54) is 5.57 Å². The van der Waals surface area contributed by atoms with Gasteiger partial charge in [-0.3, -0.25) is 0 Å². The number of allylic oxidation sites excluding steroid dienone is 8. The Morgan fingerprint density at radius 3 is 2.63 bits per heavy atom. The molecular formula is C17H17NS. The molecule has 19 heavy (non-hydrogen) atoms. The molecule has 2 heteroatoms. The van der Waals surface area contributed by atoms with Crippen molar-refractivity contribution in [3.63, 3.8) is 0 Å². The minimum absolute atomic E-state index is 0.181. The molecule has 2 heterocycles. The van der Waals surface area contributed by atoms with Crippen LogP contribution in [0, 0.1) is 0 Å². The topological polar surface area (TPSA) is 12.0 Å². The van der Waals surface area contributed by atoms with E-state index in [9.17, 15) is 0 Å². The van der Waals surface area contributed by atoms with E-state index in [0.29, 0.717) is 0 Å². The summed E-state index contributed by atoms with van der Waals surface area (Å²) in [6.45, 7) is 8.11. The fraction of sp³-hybridized carbons (Fsp3) is 0.0588. The molecule has 0 aromatic heterocycles. The molecule has 0 fully saturated rings. The second kappa shape index (κ2) is 6.86. The highest BCUT2D eigenvalue weighted by atomic mass is 32.2. The third kappa shape index (κ3) is 4.04. The zero-order valence-corrected chi connectivity index (χ0v) is 11.6. The van der Waals surface area contributed by atoms with E-state index in [-0.39, 0.29) is 6.04 Å². The number of nitrogens with one attached hydrogen (secondary N) is 1. The van der Waals surface area contributed by atoms with Crippen LogP contribution in [-0.2, 0) is 0 Å². The Labute approximate surface area is 119 Å². The molecule has 0 radical (unpaired) electrons. The van der Waals surface area contributed by atoms with Gasteiger partial charge in [0.05, 0.1) is 6.04 Å². The maximum Gasteiger partial charge on any atom is 0.0696 e. The Bertz CT molecular complexity index is 542. The average Bonchev–Trinajstić information content (AvgIpc) is 2.48. The number of hydrogen-bond acceptors (Lipinski definition) is 2. The predicted octanol–water partition coefficient (Wildman–Crippen LogP) is 4.40. The predicted molar refractivity (Wildman–Crippen MR) is 86.6 cm³/mol. The second-order valence-corrected chi connectivity index (χ2v) is 5.03. The lowest BCUT2D eigenvalue weighted by Crippen LogP contribution is -2.25. The molecule has 2 aliphatic rings. The molecule has 0 saturated carbocycles. The van der Waals surface area contributed by atoms with Gasteiger partial charge in [-0.1, -0.05) is 43.5 Å². The highest BCUT2D eigenvalue weighted by Gasteiger charge is 2.09. The lowest BCUT2D eigenvalue weighted by atomic mass is 9.99. The summed E-state index contributed by atoms with van der Waals surface area (Å²) in [4.78, 5) is 0. The fourth-order valence-electron chi connectivity index (χ4n) is 1.72. The Hall–Kier alpha value is -1.93. The van der Waals surface area contributed by atoms with Crippen molar-refractivity contribution in [2.45, 2.75) is 6.04 Å². The molecule has 2 aliphatic heterocycles. The molecular weight excluding hydrogens is 250 g/mol. The first-order chi connectivity index (χ1) is 9.27. The van der Waals surface area contributed by atoms with Crippen molar-refractivity contribution in [1.29, 1.82) is 0 Å². The average molecular weight is 267 g/mol. The largest absolute Gasteiger partial charge is 0.381 e. The van der Waals surface area contributed by atoms with Gasteiger partial charge in [0.1, 0.15) is 0 Å². The summed E-state index contributed by atoms with van der Waals surface area (Å²) in [7, 11) is 0. The molecule has 1 N–H and O–H groups in total. The van der Waals surface area contributed by atoms with Crippen molar-refractivity contribution in [3.8, 4) is 0 Å². The normalized spacial score (nSPS) is 30.7. The molecule has 0 bridgehead atoms. The van der Waals surface area contributed by atoms with Gasteiger partial charge in [0, 0.05) is 0 Å². The molecule has 0 saturated heterocycles. The molecule has 1 unspecified atom stereocenters. The SMILES string of the molecule is C=C1/C=C\C=C/S/C=C\C(C2C=CC=CN2)=C/C1=C. The first-order valence-electron chi connectivity index (χ1n) is 6.12. The van der Waals surface area contributed by atoms with Crippen LogP contribution in [0.2, 0.25) is 0 Å². The van der Waals surface area contributed by atoms with Gasteiger partial charge in [0.2, 0.25) is 0 Å². The van der Waals surface area contributed by atoms with E-state index < -0.39 is 0 Å². The van der Waals surface area contributed by atoms with Crippen molar-refractivity contribution < 1.29 is 0 Å². The second-order valence-electron chi connectivity index (χ2n) is 4.21. The molecule has 1 nitrogen and oxygen atoms in total. The highest BCUT2D eigenvalue weighted by molar-refractivity contribution is 8.04. The summed E-state index contributed by atoms with van der Waals surface area (Å²) in [5.74, 6) is 0. The van der Waals surface area contributed by atoms with Gasteiger partial charge in [-0.25, -0.2) is 0 Å². The van der Waals surface area contributed by atoms with Crippen molar-refractivity contribution in [2.75, 3.05) is 0 Å². The number of hydrogen-bond donors (Lipinski definition) is 1. The Morgan fingerprint density at radius 1 is 0.947 bits per heavy atom. The van der Waals surface area contributed by atoms with E-state index >= 15 is 0 Å². The van der Waals surface area contributed by atoms with E-state index in [2.05, 4.69) is 42.1 Å². The van der Waals surface area contributed by atoms with Gasteiger partial charge in [0.15, 0.2) is 0 Å². The summed E-state index contributed by atoms with van der Waals surface area (Å²) in [6, 6.07) is 0.181. The quantitative estimate of drug-likeness (QED) is 0.756. The highest BCUT2D eigenvalue weighted by Crippen LogP contribution is 2.19. The van der Waals surface area contributed by atoms with Crippen LogP contribution in [0.25, 0.3) is 0 Å². The third-order valence-electron chi connectivity index (χ3n) is 2.80. The molecule has 0 spiro atoms. The van der Waals surface area contributed by atoms with Gasteiger partial charge in [-0.15, -0.1) is 11.8 Å². The van der Waals surface area contributed by atoms with Crippen molar-refractivity contribution in [2.24, 2.45) is 0 Å². The van der Waals surface area contributed by atoms with Gasteiger partial charge in [-0.05, 0) is 52.0 Å². The van der Waals surface area contributed by atoms with Crippen molar-refractivity contribution >= 4 is 11.8 Å². The van der Waals surface area contributed by atoms with Gasteiger partial charge < -0.3 is 5.32 Å². The Morgan fingerprint density at radius 2 is 1.84 bits per heavy atom. The number of dihydropyridines is 1. The zero-order valence-electron chi connectivity index (χ0n) is 10.8. The summed E-state index contributed by atoms with van der Waals surface area (Å²) in [6.07, 6.45) is 18.3. The van der Waals surface area contributed by atoms with Gasteiger partial charge >= 0.3 is 0 Å². The zero-order chi connectivity index (χ0) is 13.5.